The highest BCUT2D eigenvalue weighted by molar-refractivity contribution is 4.73. The molecule has 0 aromatic carbocycles. The van der Waals surface area contributed by atoms with Gasteiger partial charge < -0.3 is 15.0 Å². The maximum Gasteiger partial charge on any atom is 0.0596 e. The van der Waals surface area contributed by atoms with Crippen molar-refractivity contribution >= 4 is 0 Å². The molecule has 1 atom stereocenters. The number of hydrogen-bond donors (Lipinski definition) is 1. The average molecular weight is 214 g/mol. The second-order valence-electron chi connectivity index (χ2n) is 4.79. The second-order valence-corrected chi connectivity index (χ2v) is 4.79. The fourth-order valence-electron chi connectivity index (χ4n) is 2.23. The molecule has 1 fully saturated rings. The number of piperidine rings is 1. The van der Waals surface area contributed by atoms with E-state index in [2.05, 4.69) is 24.1 Å². The lowest BCUT2D eigenvalue weighted by Crippen LogP contribution is -2.40. The van der Waals surface area contributed by atoms with E-state index in [9.17, 15) is 0 Å². The fraction of sp³-hybridized carbons (Fsp3) is 1.00. The van der Waals surface area contributed by atoms with Gasteiger partial charge in [-0.05, 0) is 52.7 Å². The monoisotopic (exact) mass is 214 g/mol. The number of ether oxygens (including phenoxy) is 1. The summed E-state index contributed by atoms with van der Waals surface area (Å²) in [6, 6.07) is 0. The molecule has 1 aliphatic heterocycles. The SMILES string of the molecule is CNCC1CCCN(CCOC(C)C)C1. The molecule has 0 aliphatic carbocycles. The molecule has 1 aliphatic rings. The van der Waals surface area contributed by atoms with Gasteiger partial charge >= 0.3 is 0 Å². The molecule has 90 valence electrons. The van der Waals surface area contributed by atoms with Crippen LogP contribution < -0.4 is 5.32 Å². The zero-order valence-corrected chi connectivity index (χ0v) is 10.5. The van der Waals surface area contributed by atoms with Gasteiger partial charge in [0.1, 0.15) is 0 Å². The minimum atomic E-state index is 0.364. The first-order chi connectivity index (χ1) is 7.22. The molecule has 0 aromatic heterocycles. The van der Waals surface area contributed by atoms with E-state index in [-0.39, 0.29) is 0 Å². The predicted octanol–water partition coefficient (Wildman–Crippen LogP) is 1.34. The van der Waals surface area contributed by atoms with Crippen LogP contribution in [0, 0.1) is 5.92 Å². The highest BCUT2D eigenvalue weighted by atomic mass is 16.5. The molecule has 0 bridgehead atoms. The number of nitrogens with zero attached hydrogens (tertiary/aromatic N) is 1. The molecule has 1 unspecified atom stereocenters. The first-order valence-electron chi connectivity index (χ1n) is 6.21. The Balaban J connectivity index is 2.12. The Kier molecular flexibility index (Phi) is 6.22. The van der Waals surface area contributed by atoms with Gasteiger partial charge in [-0.15, -0.1) is 0 Å². The van der Waals surface area contributed by atoms with Crippen molar-refractivity contribution in [3.8, 4) is 0 Å². The molecule has 0 aromatic rings. The summed E-state index contributed by atoms with van der Waals surface area (Å²) >= 11 is 0. The van der Waals surface area contributed by atoms with Gasteiger partial charge in [-0.1, -0.05) is 0 Å². The van der Waals surface area contributed by atoms with Gasteiger partial charge in [0.05, 0.1) is 12.7 Å². The highest BCUT2D eigenvalue weighted by Crippen LogP contribution is 2.15. The van der Waals surface area contributed by atoms with Gasteiger partial charge in [-0.2, -0.15) is 0 Å². The van der Waals surface area contributed by atoms with Crippen LogP contribution in [0.25, 0.3) is 0 Å². The molecular formula is C12H26N2O. The van der Waals surface area contributed by atoms with Gasteiger partial charge in [0.15, 0.2) is 0 Å². The van der Waals surface area contributed by atoms with Gasteiger partial charge in [-0.25, -0.2) is 0 Å². The number of hydrogen-bond acceptors (Lipinski definition) is 3. The summed E-state index contributed by atoms with van der Waals surface area (Å²) in [5, 5.41) is 3.27. The molecule has 1 saturated heterocycles. The lowest BCUT2D eigenvalue weighted by molar-refractivity contribution is 0.0489. The zero-order chi connectivity index (χ0) is 11.1. The van der Waals surface area contributed by atoms with Crippen LogP contribution in [0.1, 0.15) is 26.7 Å². The van der Waals surface area contributed by atoms with E-state index >= 15 is 0 Å². The Labute approximate surface area is 94.2 Å². The van der Waals surface area contributed by atoms with Crippen molar-refractivity contribution in [2.45, 2.75) is 32.8 Å². The summed E-state index contributed by atoms with van der Waals surface area (Å²) in [6.07, 6.45) is 3.08. The van der Waals surface area contributed by atoms with E-state index < -0.39 is 0 Å². The smallest absolute Gasteiger partial charge is 0.0596 e. The van der Waals surface area contributed by atoms with Crippen LogP contribution in [0.4, 0.5) is 0 Å². The lowest BCUT2D eigenvalue weighted by atomic mass is 9.98. The van der Waals surface area contributed by atoms with Crippen LogP contribution in [0.15, 0.2) is 0 Å². The van der Waals surface area contributed by atoms with Crippen molar-refractivity contribution in [1.29, 1.82) is 0 Å². The van der Waals surface area contributed by atoms with Crippen molar-refractivity contribution in [3.05, 3.63) is 0 Å². The van der Waals surface area contributed by atoms with Crippen LogP contribution in [0.2, 0.25) is 0 Å². The molecule has 0 amide bonds. The van der Waals surface area contributed by atoms with Crippen LogP contribution in [-0.2, 0) is 4.74 Å². The molecule has 15 heavy (non-hydrogen) atoms. The largest absolute Gasteiger partial charge is 0.377 e. The summed E-state index contributed by atoms with van der Waals surface area (Å²) in [5.74, 6) is 0.836. The van der Waals surface area contributed by atoms with Crippen LogP contribution in [0.3, 0.4) is 0 Å². The molecule has 0 spiro atoms. The Morgan fingerprint density at radius 3 is 2.93 bits per heavy atom. The highest BCUT2D eigenvalue weighted by Gasteiger charge is 2.18. The average Bonchev–Trinajstić information content (AvgIpc) is 2.18. The summed E-state index contributed by atoms with van der Waals surface area (Å²) in [4.78, 5) is 2.54. The molecule has 3 heteroatoms. The van der Waals surface area contributed by atoms with Crippen molar-refractivity contribution in [2.75, 3.05) is 39.8 Å². The molecule has 1 heterocycles. The normalized spacial score (nSPS) is 23.6. The molecule has 0 saturated carbocycles. The van der Waals surface area contributed by atoms with E-state index in [1.165, 1.54) is 25.9 Å². The molecule has 3 nitrogen and oxygen atoms in total. The number of likely N-dealkylation sites (tertiary alicyclic amines) is 1. The lowest BCUT2D eigenvalue weighted by Gasteiger charge is -2.32. The quantitative estimate of drug-likeness (QED) is 0.722. The second kappa shape index (κ2) is 7.20. The Bertz CT molecular complexity index is 160. The van der Waals surface area contributed by atoms with Gasteiger partial charge in [0.2, 0.25) is 0 Å². The van der Waals surface area contributed by atoms with Crippen molar-refractivity contribution in [2.24, 2.45) is 5.92 Å². The summed E-state index contributed by atoms with van der Waals surface area (Å²) in [6.45, 7) is 9.81. The van der Waals surface area contributed by atoms with Crippen molar-refractivity contribution in [3.63, 3.8) is 0 Å². The van der Waals surface area contributed by atoms with Crippen molar-refractivity contribution in [1.82, 2.24) is 10.2 Å². The Morgan fingerprint density at radius 2 is 2.27 bits per heavy atom. The van der Waals surface area contributed by atoms with E-state index in [1.54, 1.807) is 0 Å². The van der Waals surface area contributed by atoms with Crippen LogP contribution in [-0.4, -0.2) is 50.8 Å². The topological polar surface area (TPSA) is 24.5 Å². The first-order valence-corrected chi connectivity index (χ1v) is 6.21. The van der Waals surface area contributed by atoms with Gasteiger partial charge in [0.25, 0.3) is 0 Å². The summed E-state index contributed by atoms with van der Waals surface area (Å²) in [5.41, 5.74) is 0. The first kappa shape index (κ1) is 12.9. The van der Waals surface area contributed by atoms with Crippen LogP contribution >= 0.6 is 0 Å². The van der Waals surface area contributed by atoms with Gasteiger partial charge in [0, 0.05) is 13.1 Å². The number of rotatable bonds is 6. The zero-order valence-electron chi connectivity index (χ0n) is 10.5. The van der Waals surface area contributed by atoms with E-state index in [1.807, 2.05) is 7.05 Å². The fourth-order valence-corrected chi connectivity index (χ4v) is 2.23. The molecule has 0 radical (unpaired) electrons. The van der Waals surface area contributed by atoms with Gasteiger partial charge in [-0.3, -0.25) is 0 Å². The Morgan fingerprint density at radius 1 is 1.47 bits per heavy atom. The molecule has 1 N–H and O–H groups in total. The van der Waals surface area contributed by atoms with E-state index in [0.717, 1.165) is 25.6 Å². The van der Waals surface area contributed by atoms with E-state index in [4.69, 9.17) is 4.74 Å². The minimum absolute atomic E-state index is 0.364. The third-order valence-electron chi connectivity index (χ3n) is 2.95. The minimum Gasteiger partial charge on any atom is -0.377 e. The summed E-state index contributed by atoms with van der Waals surface area (Å²) in [7, 11) is 2.04. The maximum absolute atomic E-state index is 5.58. The Hall–Kier alpha value is -0.120. The maximum atomic E-state index is 5.58. The predicted molar refractivity (Wildman–Crippen MR) is 64.2 cm³/mol. The number of nitrogens with one attached hydrogen (secondary N) is 1. The van der Waals surface area contributed by atoms with E-state index in [0.29, 0.717) is 6.10 Å². The molecule has 1 rings (SSSR count). The standard InChI is InChI=1S/C12H26N2O/c1-11(2)15-8-7-14-6-4-5-12(10-14)9-13-3/h11-13H,4-10H2,1-3H3. The van der Waals surface area contributed by atoms with Crippen LogP contribution in [0.5, 0.6) is 0 Å². The third kappa shape index (κ3) is 5.50. The summed E-state index contributed by atoms with van der Waals surface area (Å²) < 4.78 is 5.58. The van der Waals surface area contributed by atoms with Crippen molar-refractivity contribution < 1.29 is 4.74 Å². The third-order valence-corrected chi connectivity index (χ3v) is 2.95. The molecular weight excluding hydrogens is 188 g/mol.